The number of anilines is 1. The maximum absolute atomic E-state index is 13.2. The molecule has 0 atom stereocenters. The van der Waals surface area contributed by atoms with Crippen molar-refractivity contribution in [2.24, 2.45) is 0 Å². The number of carbonyl (C=O) groups excluding carboxylic acids is 1. The first-order valence-corrected chi connectivity index (χ1v) is 11.3. The number of sulfone groups is 1. The van der Waals surface area contributed by atoms with Gasteiger partial charge in [-0.15, -0.1) is 0 Å². The highest BCUT2D eigenvalue weighted by atomic mass is 35.5. The average Bonchev–Trinajstić information content (AvgIpc) is 2.93. The molecule has 0 saturated carbocycles. The van der Waals surface area contributed by atoms with Gasteiger partial charge in [0.2, 0.25) is 5.88 Å². The zero-order valence-electron chi connectivity index (χ0n) is 16.5. The number of rotatable bonds is 5. The molecule has 0 saturated heterocycles. The number of fused-ring (bicyclic) bond motifs is 1. The summed E-state index contributed by atoms with van der Waals surface area (Å²) in [5, 5.41) is 0.273. The molecule has 10 heteroatoms. The van der Waals surface area contributed by atoms with E-state index in [-0.39, 0.29) is 45.4 Å². The van der Waals surface area contributed by atoms with Gasteiger partial charge in [-0.05, 0) is 42.0 Å². The van der Waals surface area contributed by atoms with Gasteiger partial charge in [0.15, 0.2) is 9.84 Å². The summed E-state index contributed by atoms with van der Waals surface area (Å²) in [7, 11) is -2.44. The normalized spacial score (nSPS) is 13.9. The number of amides is 1. The van der Waals surface area contributed by atoms with Gasteiger partial charge in [0.25, 0.3) is 5.91 Å². The zero-order chi connectivity index (χ0) is 22.0. The van der Waals surface area contributed by atoms with E-state index in [1.165, 1.54) is 36.4 Å². The number of halogens is 1. The van der Waals surface area contributed by atoms with E-state index in [9.17, 15) is 13.2 Å². The largest absolute Gasteiger partial charge is 0.495 e. The second-order valence-electron chi connectivity index (χ2n) is 6.77. The van der Waals surface area contributed by atoms with Crippen LogP contribution in [0.1, 0.15) is 15.9 Å². The predicted molar refractivity (Wildman–Crippen MR) is 115 cm³/mol. The molecule has 31 heavy (non-hydrogen) atoms. The highest BCUT2D eigenvalue weighted by molar-refractivity contribution is 7.90. The van der Waals surface area contributed by atoms with Gasteiger partial charge in [-0.2, -0.15) is 0 Å². The van der Waals surface area contributed by atoms with Crippen LogP contribution in [-0.2, 0) is 15.6 Å². The zero-order valence-corrected chi connectivity index (χ0v) is 18.1. The second kappa shape index (κ2) is 8.52. The summed E-state index contributed by atoms with van der Waals surface area (Å²) in [5.41, 5.74) is 1.14. The van der Waals surface area contributed by atoms with Crippen LogP contribution in [0.25, 0.3) is 0 Å². The van der Waals surface area contributed by atoms with Crippen molar-refractivity contribution in [3.8, 4) is 11.6 Å². The number of hydrogen-bond donors (Lipinski definition) is 0. The van der Waals surface area contributed by atoms with Crippen LogP contribution >= 0.6 is 11.6 Å². The Morgan fingerprint density at radius 1 is 1.23 bits per heavy atom. The van der Waals surface area contributed by atoms with E-state index < -0.39 is 9.84 Å². The van der Waals surface area contributed by atoms with Crippen LogP contribution in [0.15, 0.2) is 59.9 Å². The van der Waals surface area contributed by atoms with E-state index in [2.05, 4.69) is 9.97 Å². The molecule has 8 nitrogen and oxygen atoms in total. The lowest BCUT2D eigenvalue weighted by Crippen LogP contribution is -2.32. The summed E-state index contributed by atoms with van der Waals surface area (Å²) in [6.45, 7) is 0.562. The standard InChI is InChI=1S/C21H18ClN3O5S/c1-29-18-5-4-15(22)10-19(18)31(27,28)13-14-9-17-20(24-11-14)30-8-7-25(21(17)26)16-3-2-6-23-12-16/h2-6,9-12H,7-8,13H2,1H3. The summed E-state index contributed by atoms with van der Waals surface area (Å²) >= 11 is 5.99. The Hall–Kier alpha value is -3.17. The molecule has 0 unspecified atom stereocenters. The molecule has 160 valence electrons. The first-order valence-electron chi connectivity index (χ1n) is 9.29. The Balaban J connectivity index is 1.69. The van der Waals surface area contributed by atoms with Crippen molar-refractivity contribution in [3.63, 3.8) is 0 Å². The van der Waals surface area contributed by atoms with E-state index in [4.69, 9.17) is 21.1 Å². The van der Waals surface area contributed by atoms with E-state index in [1.54, 1.807) is 30.6 Å². The summed E-state index contributed by atoms with van der Waals surface area (Å²) in [5.74, 6) is -0.371. The topological polar surface area (TPSA) is 98.7 Å². The third-order valence-electron chi connectivity index (χ3n) is 4.71. The summed E-state index contributed by atoms with van der Waals surface area (Å²) in [4.78, 5) is 22.9. The molecule has 0 spiro atoms. The molecule has 0 N–H and O–H groups in total. The Morgan fingerprint density at radius 2 is 2.06 bits per heavy atom. The molecule has 2 aromatic heterocycles. The highest BCUT2D eigenvalue weighted by Crippen LogP contribution is 2.31. The number of methoxy groups -OCH3 is 1. The quantitative estimate of drug-likeness (QED) is 0.577. The van der Waals surface area contributed by atoms with E-state index in [0.29, 0.717) is 17.8 Å². The minimum absolute atomic E-state index is 0.0306. The lowest BCUT2D eigenvalue weighted by atomic mass is 10.2. The van der Waals surface area contributed by atoms with Crippen LogP contribution in [-0.4, -0.2) is 44.6 Å². The van der Waals surface area contributed by atoms with Gasteiger partial charge in [-0.25, -0.2) is 13.4 Å². The van der Waals surface area contributed by atoms with Crippen molar-refractivity contribution >= 4 is 33.0 Å². The molecule has 0 radical (unpaired) electrons. The molecule has 0 bridgehead atoms. The number of nitrogens with zero attached hydrogens (tertiary/aromatic N) is 3. The van der Waals surface area contributed by atoms with Gasteiger partial charge in [0, 0.05) is 17.4 Å². The Bertz CT molecular complexity index is 1240. The molecule has 0 aliphatic carbocycles. The van der Waals surface area contributed by atoms with E-state index in [1.807, 2.05) is 0 Å². The third-order valence-corrected chi connectivity index (χ3v) is 6.65. The minimum atomic E-state index is -3.82. The molecule has 1 aliphatic heterocycles. The van der Waals surface area contributed by atoms with Crippen molar-refractivity contribution in [3.05, 3.63) is 71.1 Å². The van der Waals surface area contributed by atoms with Crippen molar-refractivity contribution in [1.82, 2.24) is 9.97 Å². The SMILES string of the molecule is COc1ccc(Cl)cc1S(=O)(=O)Cc1cnc2c(c1)C(=O)N(c1cccnc1)CCO2. The van der Waals surface area contributed by atoms with Crippen molar-refractivity contribution < 1.29 is 22.7 Å². The minimum Gasteiger partial charge on any atom is -0.495 e. The summed E-state index contributed by atoms with van der Waals surface area (Å²) < 4.78 is 36.9. The molecule has 3 aromatic rings. The van der Waals surface area contributed by atoms with Gasteiger partial charge >= 0.3 is 0 Å². The summed E-state index contributed by atoms with van der Waals surface area (Å²) in [6.07, 6.45) is 4.58. The number of ether oxygens (including phenoxy) is 2. The van der Waals surface area contributed by atoms with Crippen LogP contribution in [0.4, 0.5) is 5.69 Å². The Kier molecular flexibility index (Phi) is 5.79. The van der Waals surface area contributed by atoms with E-state index >= 15 is 0 Å². The molecule has 1 amide bonds. The molecular formula is C21H18ClN3O5S. The number of aromatic nitrogens is 2. The second-order valence-corrected chi connectivity index (χ2v) is 9.16. The Labute approximate surface area is 184 Å². The molecular weight excluding hydrogens is 442 g/mol. The lowest BCUT2D eigenvalue weighted by molar-refractivity contribution is 0.0989. The van der Waals surface area contributed by atoms with Crippen LogP contribution in [0.5, 0.6) is 11.6 Å². The number of benzene rings is 1. The number of hydrogen-bond acceptors (Lipinski definition) is 7. The van der Waals surface area contributed by atoms with Crippen LogP contribution in [0, 0.1) is 0 Å². The van der Waals surface area contributed by atoms with Gasteiger partial charge < -0.3 is 14.4 Å². The fraction of sp³-hybridized carbons (Fsp3) is 0.190. The lowest BCUT2D eigenvalue weighted by Gasteiger charge is -2.19. The fourth-order valence-corrected chi connectivity index (χ4v) is 5.03. The van der Waals surface area contributed by atoms with Crippen molar-refractivity contribution in [2.45, 2.75) is 10.6 Å². The van der Waals surface area contributed by atoms with Crippen molar-refractivity contribution in [2.75, 3.05) is 25.2 Å². The van der Waals surface area contributed by atoms with Crippen LogP contribution < -0.4 is 14.4 Å². The predicted octanol–water partition coefficient (Wildman–Crippen LogP) is 3.15. The van der Waals surface area contributed by atoms with Gasteiger partial charge in [0.1, 0.15) is 22.8 Å². The monoisotopic (exact) mass is 459 g/mol. The first-order chi connectivity index (χ1) is 14.9. The van der Waals surface area contributed by atoms with Crippen molar-refractivity contribution in [1.29, 1.82) is 0 Å². The van der Waals surface area contributed by atoms with Gasteiger partial charge in [-0.1, -0.05) is 11.6 Å². The van der Waals surface area contributed by atoms with E-state index in [0.717, 1.165) is 0 Å². The molecule has 4 rings (SSSR count). The average molecular weight is 460 g/mol. The number of carbonyl (C=O) groups is 1. The molecule has 1 aromatic carbocycles. The maximum atomic E-state index is 13.2. The van der Waals surface area contributed by atoms with Gasteiger partial charge in [-0.3, -0.25) is 9.78 Å². The van der Waals surface area contributed by atoms with Crippen LogP contribution in [0.2, 0.25) is 5.02 Å². The summed E-state index contributed by atoms with van der Waals surface area (Å²) in [6, 6.07) is 9.37. The smallest absolute Gasteiger partial charge is 0.263 e. The first kappa shape index (κ1) is 21.1. The number of pyridine rings is 2. The Morgan fingerprint density at radius 3 is 2.81 bits per heavy atom. The highest BCUT2D eigenvalue weighted by Gasteiger charge is 2.28. The third kappa shape index (κ3) is 4.33. The molecule has 3 heterocycles. The van der Waals surface area contributed by atoms with Gasteiger partial charge in [0.05, 0.1) is 31.3 Å². The molecule has 1 aliphatic rings. The fourth-order valence-electron chi connectivity index (χ4n) is 3.27. The van der Waals surface area contributed by atoms with Crippen LogP contribution in [0.3, 0.4) is 0 Å². The maximum Gasteiger partial charge on any atom is 0.263 e. The molecule has 0 fully saturated rings.